The number of rotatable bonds is 7. The van der Waals surface area contributed by atoms with Crippen molar-refractivity contribution in [3.63, 3.8) is 0 Å². The van der Waals surface area contributed by atoms with Crippen LogP contribution < -0.4 is 16.4 Å². The van der Waals surface area contributed by atoms with Crippen molar-refractivity contribution in [2.24, 2.45) is 5.73 Å². The Kier molecular flexibility index (Phi) is 3.87. The van der Waals surface area contributed by atoms with Crippen LogP contribution in [0.25, 0.3) is 0 Å². The Balaban J connectivity index is 1.75. The molecule has 0 aliphatic heterocycles. The molecule has 0 atom stereocenters. The van der Waals surface area contributed by atoms with Gasteiger partial charge in [-0.2, -0.15) is 0 Å². The predicted molar refractivity (Wildman–Crippen MR) is 64.7 cm³/mol. The molecular formula is C11H17N5O. The van der Waals surface area contributed by atoms with E-state index in [0.29, 0.717) is 5.82 Å². The fourth-order valence-corrected chi connectivity index (χ4v) is 1.54. The lowest BCUT2D eigenvalue weighted by molar-refractivity contribution is 0.0996. The van der Waals surface area contributed by atoms with Crippen molar-refractivity contribution in [3.05, 3.63) is 18.1 Å². The molecule has 0 bridgehead atoms. The maximum absolute atomic E-state index is 11.1. The molecule has 0 unspecified atom stereocenters. The SMILES string of the molecule is NC(=O)c1nccnc1NCCCNC1CC1. The van der Waals surface area contributed by atoms with E-state index in [1.807, 2.05) is 0 Å². The second-order valence-electron chi connectivity index (χ2n) is 4.13. The topological polar surface area (TPSA) is 92.9 Å². The summed E-state index contributed by atoms with van der Waals surface area (Å²) in [5, 5.41) is 6.49. The van der Waals surface area contributed by atoms with Crippen LogP contribution in [0.4, 0.5) is 5.82 Å². The molecule has 1 aromatic rings. The number of aromatic nitrogens is 2. The molecule has 0 aromatic carbocycles. The molecule has 4 N–H and O–H groups in total. The second-order valence-corrected chi connectivity index (χ2v) is 4.13. The first-order valence-corrected chi connectivity index (χ1v) is 5.85. The minimum absolute atomic E-state index is 0.197. The van der Waals surface area contributed by atoms with Crippen LogP contribution in [0.15, 0.2) is 12.4 Å². The lowest BCUT2D eigenvalue weighted by atomic mass is 10.3. The number of nitrogens with zero attached hydrogens (tertiary/aromatic N) is 2. The van der Waals surface area contributed by atoms with Crippen molar-refractivity contribution in [2.75, 3.05) is 18.4 Å². The molecule has 1 amide bonds. The number of nitrogens with one attached hydrogen (secondary N) is 2. The number of primary amides is 1. The van der Waals surface area contributed by atoms with E-state index in [0.717, 1.165) is 25.6 Å². The van der Waals surface area contributed by atoms with Gasteiger partial charge < -0.3 is 16.4 Å². The summed E-state index contributed by atoms with van der Waals surface area (Å²) in [6.45, 7) is 1.72. The van der Waals surface area contributed by atoms with Gasteiger partial charge in [0.1, 0.15) is 0 Å². The highest BCUT2D eigenvalue weighted by Gasteiger charge is 2.19. The molecule has 1 aliphatic carbocycles. The highest BCUT2D eigenvalue weighted by Crippen LogP contribution is 2.18. The lowest BCUT2D eigenvalue weighted by Crippen LogP contribution is -2.21. The summed E-state index contributed by atoms with van der Waals surface area (Å²) in [5.74, 6) is -0.0943. The Morgan fingerprint density at radius 1 is 1.35 bits per heavy atom. The zero-order valence-corrected chi connectivity index (χ0v) is 9.65. The van der Waals surface area contributed by atoms with Gasteiger partial charge in [-0.25, -0.2) is 9.97 Å². The maximum atomic E-state index is 11.1. The minimum Gasteiger partial charge on any atom is -0.368 e. The van der Waals surface area contributed by atoms with Crippen molar-refractivity contribution < 1.29 is 4.79 Å². The summed E-state index contributed by atoms with van der Waals surface area (Å²) < 4.78 is 0. The highest BCUT2D eigenvalue weighted by atomic mass is 16.1. The van der Waals surface area contributed by atoms with Gasteiger partial charge in [-0.3, -0.25) is 4.79 Å². The van der Waals surface area contributed by atoms with E-state index in [-0.39, 0.29) is 5.69 Å². The number of hydrogen-bond donors (Lipinski definition) is 3. The van der Waals surface area contributed by atoms with Crippen LogP contribution in [-0.2, 0) is 0 Å². The Hall–Kier alpha value is -1.69. The van der Waals surface area contributed by atoms with Crippen LogP contribution in [0.3, 0.4) is 0 Å². The second kappa shape index (κ2) is 5.58. The number of nitrogens with two attached hydrogens (primary N) is 1. The molecule has 1 heterocycles. The van der Waals surface area contributed by atoms with E-state index >= 15 is 0 Å². The van der Waals surface area contributed by atoms with Crippen molar-refractivity contribution >= 4 is 11.7 Å². The van der Waals surface area contributed by atoms with Gasteiger partial charge in [0.15, 0.2) is 11.5 Å². The van der Waals surface area contributed by atoms with Crippen LogP contribution in [0.5, 0.6) is 0 Å². The summed E-state index contributed by atoms with van der Waals surface area (Å²) in [6, 6.07) is 0.729. The van der Waals surface area contributed by atoms with Crippen LogP contribution in [0.2, 0.25) is 0 Å². The Bertz CT molecular complexity index is 391. The maximum Gasteiger partial charge on any atom is 0.271 e. The summed E-state index contributed by atoms with van der Waals surface area (Å²) >= 11 is 0. The molecular weight excluding hydrogens is 218 g/mol. The summed E-state index contributed by atoms with van der Waals surface area (Å²) in [7, 11) is 0. The Morgan fingerprint density at radius 2 is 2.12 bits per heavy atom. The van der Waals surface area contributed by atoms with Crippen LogP contribution in [0, 0.1) is 0 Å². The number of carbonyl (C=O) groups is 1. The molecule has 1 fully saturated rings. The molecule has 2 rings (SSSR count). The zero-order valence-electron chi connectivity index (χ0n) is 9.65. The average Bonchev–Trinajstić information content (AvgIpc) is 3.13. The third-order valence-corrected chi connectivity index (χ3v) is 2.59. The molecule has 6 nitrogen and oxygen atoms in total. The van der Waals surface area contributed by atoms with E-state index in [1.54, 1.807) is 0 Å². The summed E-state index contributed by atoms with van der Waals surface area (Å²) in [4.78, 5) is 19.0. The first kappa shape index (κ1) is 11.8. The standard InChI is InChI=1S/C11H17N5O/c12-10(17)9-11(16-7-6-14-9)15-5-1-4-13-8-2-3-8/h6-8,13H,1-5H2,(H2,12,17)(H,15,16). The average molecular weight is 235 g/mol. The summed E-state index contributed by atoms with van der Waals surface area (Å²) in [5.41, 5.74) is 5.40. The number of carbonyl (C=O) groups excluding carboxylic acids is 1. The third kappa shape index (κ3) is 3.67. The van der Waals surface area contributed by atoms with Gasteiger partial charge in [0.05, 0.1) is 0 Å². The van der Waals surface area contributed by atoms with Gasteiger partial charge in [0.2, 0.25) is 0 Å². The highest BCUT2D eigenvalue weighted by molar-refractivity contribution is 5.95. The third-order valence-electron chi connectivity index (χ3n) is 2.59. The molecule has 0 spiro atoms. The molecule has 92 valence electrons. The first-order chi connectivity index (χ1) is 8.27. The van der Waals surface area contributed by atoms with E-state index < -0.39 is 5.91 Å². The summed E-state index contributed by atoms with van der Waals surface area (Å²) in [6.07, 6.45) is 6.56. The van der Waals surface area contributed by atoms with Crippen molar-refractivity contribution in [2.45, 2.75) is 25.3 Å². The monoisotopic (exact) mass is 235 g/mol. The largest absolute Gasteiger partial charge is 0.368 e. The lowest BCUT2D eigenvalue weighted by Gasteiger charge is -2.08. The molecule has 1 aliphatic rings. The first-order valence-electron chi connectivity index (χ1n) is 5.85. The normalized spacial score (nSPS) is 14.6. The van der Waals surface area contributed by atoms with E-state index in [1.165, 1.54) is 25.2 Å². The van der Waals surface area contributed by atoms with Gasteiger partial charge in [-0.15, -0.1) is 0 Å². The minimum atomic E-state index is -0.559. The van der Waals surface area contributed by atoms with Crippen LogP contribution >= 0.6 is 0 Å². The zero-order chi connectivity index (χ0) is 12.1. The smallest absolute Gasteiger partial charge is 0.271 e. The van der Waals surface area contributed by atoms with Crippen LogP contribution in [-0.4, -0.2) is 35.0 Å². The Morgan fingerprint density at radius 3 is 2.82 bits per heavy atom. The number of hydrogen-bond acceptors (Lipinski definition) is 5. The van der Waals surface area contributed by atoms with Crippen molar-refractivity contribution in [1.29, 1.82) is 0 Å². The van der Waals surface area contributed by atoms with E-state index in [2.05, 4.69) is 20.6 Å². The molecule has 1 saturated carbocycles. The fourth-order valence-electron chi connectivity index (χ4n) is 1.54. The molecule has 0 saturated heterocycles. The van der Waals surface area contributed by atoms with Gasteiger partial charge in [0, 0.05) is 25.0 Å². The fraction of sp³-hybridized carbons (Fsp3) is 0.545. The van der Waals surface area contributed by atoms with Gasteiger partial charge in [-0.1, -0.05) is 0 Å². The van der Waals surface area contributed by atoms with Gasteiger partial charge in [-0.05, 0) is 25.8 Å². The quantitative estimate of drug-likeness (QED) is 0.584. The molecule has 6 heteroatoms. The van der Waals surface area contributed by atoms with Crippen LogP contribution in [0.1, 0.15) is 29.8 Å². The van der Waals surface area contributed by atoms with E-state index in [4.69, 9.17) is 5.73 Å². The molecule has 17 heavy (non-hydrogen) atoms. The van der Waals surface area contributed by atoms with Crippen molar-refractivity contribution in [1.82, 2.24) is 15.3 Å². The van der Waals surface area contributed by atoms with E-state index in [9.17, 15) is 4.79 Å². The van der Waals surface area contributed by atoms with Gasteiger partial charge >= 0.3 is 0 Å². The molecule has 1 aromatic heterocycles. The van der Waals surface area contributed by atoms with Gasteiger partial charge in [0.25, 0.3) is 5.91 Å². The molecule has 0 radical (unpaired) electrons. The van der Waals surface area contributed by atoms with Crippen molar-refractivity contribution in [3.8, 4) is 0 Å². The Labute approximate surface area is 100 Å². The number of amides is 1. The number of anilines is 1. The predicted octanol–water partition coefficient (Wildman–Crippen LogP) is 0.129.